The maximum Gasteiger partial charge on any atom is 0.191 e. The van der Waals surface area contributed by atoms with E-state index in [4.69, 9.17) is 9.73 Å². The van der Waals surface area contributed by atoms with Gasteiger partial charge >= 0.3 is 0 Å². The molecule has 7 heteroatoms. The summed E-state index contributed by atoms with van der Waals surface area (Å²) in [5.41, 5.74) is 1.08. The zero-order valence-corrected chi connectivity index (χ0v) is 17.0. The molecule has 0 amide bonds. The Kier molecular flexibility index (Phi) is 8.97. The van der Waals surface area contributed by atoms with Gasteiger partial charge in [-0.05, 0) is 45.6 Å². The highest BCUT2D eigenvalue weighted by Crippen LogP contribution is 2.17. The highest BCUT2D eigenvalue weighted by molar-refractivity contribution is 5.79. The number of hydrogen-bond donors (Lipinski definition) is 2. The predicted molar refractivity (Wildman–Crippen MR) is 109 cm³/mol. The Balaban J connectivity index is 1.95. The molecule has 0 radical (unpaired) electrons. The fraction of sp³-hybridized carbons (Fsp3) is 0.650. The van der Waals surface area contributed by atoms with Crippen molar-refractivity contribution < 1.29 is 9.13 Å². The van der Waals surface area contributed by atoms with E-state index >= 15 is 0 Å². The number of likely N-dealkylation sites (N-methyl/N-ethyl adjacent to an activating group) is 1. The summed E-state index contributed by atoms with van der Waals surface area (Å²) < 4.78 is 18.6. The van der Waals surface area contributed by atoms with Crippen molar-refractivity contribution in [3.63, 3.8) is 0 Å². The molecule has 0 aromatic heterocycles. The third kappa shape index (κ3) is 7.08. The van der Waals surface area contributed by atoms with Crippen LogP contribution in [0.25, 0.3) is 0 Å². The van der Waals surface area contributed by atoms with Crippen LogP contribution in [0.15, 0.2) is 29.3 Å². The van der Waals surface area contributed by atoms with Gasteiger partial charge in [-0.15, -0.1) is 0 Å². The largest absolute Gasteiger partial charge is 0.379 e. The Morgan fingerprint density at radius 3 is 2.48 bits per heavy atom. The third-order valence-corrected chi connectivity index (χ3v) is 4.87. The van der Waals surface area contributed by atoms with Crippen LogP contribution in [0.5, 0.6) is 0 Å². The standard InChI is InChI=1S/C20H34FN5O/c1-5-22-20(23-14-16(2)26-10-12-27-13-11-26)24-15-19(25(3)4)17-6-8-18(21)9-7-17/h6-9,16,19H,5,10-15H2,1-4H3,(H2,22,23,24). The van der Waals surface area contributed by atoms with Crippen LogP contribution < -0.4 is 10.6 Å². The van der Waals surface area contributed by atoms with E-state index in [1.165, 1.54) is 12.1 Å². The number of rotatable bonds is 8. The van der Waals surface area contributed by atoms with Crippen LogP contribution >= 0.6 is 0 Å². The predicted octanol–water partition coefficient (Wildman–Crippen LogP) is 1.70. The second-order valence-corrected chi connectivity index (χ2v) is 7.13. The van der Waals surface area contributed by atoms with E-state index in [1.807, 2.05) is 26.2 Å². The molecule has 2 N–H and O–H groups in total. The van der Waals surface area contributed by atoms with Crippen molar-refractivity contribution in [1.82, 2.24) is 20.4 Å². The number of guanidine groups is 1. The van der Waals surface area contributed by atoms with Crippen molar-refractivity contribution in [3.05, 3.63) is 35.6 Å². The van der Waals surface area contributed by atoms with Crippen molar-refractivity contribution in [2.75, 3.05) is 60.0 Å². The molecule has 2 atom stereocenters. The van der Waals surface area contributed by atoms with E-state index < -0.39 is 0 Å². The average Bonchev–Trinajstić information content (AvgIpc) is 2.67. The van der Waals surface area contributed by atoms with Gasteiger partial charge in [0.05, 0.1) is 25.8 Å². The summed E-state index contributed by atoms with van der Waals surface area (Å²) in [7, 11) is 4.06. The third-order valence-electron chi connectivity index (χ3n) is 4.87. The van der Waals surface area contributed by atoms with Gasteiger partial charge in [-0.2, -0.15) is 0 Å². The minimum atomic E-state index is -0.212. The smallest absolute Gasteiger partial charge is 0.191 e. The lowest BCUT2D eigenvalue weighted by Crippen LogP contribution is -2.45. The van der Waals surface area contributed by atoms with Gasteiger partial charge in [0.15, 0.2) is 5.96 Å². The lowest BCUT2D eigenvalue weighted by molar-refractivity contribution is 0.0220. The SMILES string of the molecule is CCNC(=NCC(C)N1CCOCC1)NCC(c1ccc(F)cc1)N(C)C. The molecule has 6 nitrogen and oxygen atoms in total. The maximum atomic E-state index is 13.2. The lowest BCUT2D eigenvalue weighted by atomic mass is 10.1. The monoisotopic (exact) mass is 379 g/mol. The lowest BCUT2D eigenvalue weighted by Gasteiger charge is -2.31. The molecular formula is C20H34FN5O. The number of ether oxygens (including phenoxy) is 1. The van der Waals surface area contributed by atoms with Gasteiger partial charge in [0, 0.05) is 32.2 Å². The molecule has 27 heavy (non-hydrogen) atoms. The quantitative estimate of drug-likeness (QED) is 0.532. The normalized spacial score (nSPS) is 18.4. The molecule has 0 bridgehead atoms. The van der Waals surface area contributed by atoms with Gasteiger partial charge in [0.25, 0.3) is 0 Å². The van der Waals surface area contributed by atoms with Crippen molar-refractivity contribution in [2.45, 2.75) is 25.9 Å². The summed E-state index contributed by atoms with van der Waals surface area (Å²) in [6.07, 6.45) is 0. The molecule has 1 aromatic carbocycles. The van der Waals surface area contributed by atoms with Crippen LogP contribution in [0.4, 0.5) is 4.39 Å². The molecule has 2 unspecified atom stereocenters. The number of hydrogen-bond acceptors (Lipinski definition) is 4. The van der Waals surface area contributed by atoms with Crippen LogP contribution in [0.3, 0.4) is 0 Å². The Hall–Kier alpha value is -1.70. The molecule has 2 rings (SSSR count). The van der Waals surface area contributed by atoms with Crippen LogP contribution in [-0.2, 0) is 4.74 Å². The number of morpholine rings is 1. The molecule has 1 saturated heterocycles. The summed E-state index contributed by atoms with van der Waals surface area (Å²) in [6, 6.07) is 7.21. The summed E-state index contributed by atoms with van der Waals surface area (Å²) in [4.78, 5) is 9.30. The minimum Gasteiger partial charge on any atom is -0.379 e. The summed E-state index contributed by atoms with van der Waals surface area (Å²) in [6.45, 7) is 10.0. The summed E-state index contributed by atoms with van der Waals surface area (Å²) in [5.74, 6) is 0.600. The minimum absolute atomic E-state index is 0.131. The molecule has 1 heterocycles. The fourth-order valence-electron chi connectivity index (χ4n) is 3.18. The maximum absolute atomic E-state index is 13.2. The van der Waals surface area contributed by atoms with E-state index in [0.29, 0.717) is 12.6 Å². The Morgan fingerprint density at radius 1 is 1.22 bits per heavy atom. The molecule has 1 aromatic rings. The average molecular weight is 380 g/mol. The Morgan fingerprint density at radius 2 is 1.89 bits per heavy atom. The van der Waals surface area contributed by atoms with Gasteiger partial charge in [-0.1, -0.05) is 12.1 Å². The molecule has 1 aliphatic rings. The van der Waals surface area contributed by atoms with Gasteiger partial charge < -0.3 is 20.3 Å². The second kappa shape index (κ2) is 11.2. The van der Waals surface area contributed by atoms with E-state index in [2.05, 4.69) is 34.3 Å². The van der Waals surface area contributed by atoms with Crippen molar-refractivity contribution in [2.24, 2.45) is 4.99 Å². The Labute approximate surface area is 162 Å². The van der Waals surface area contributed by atoms with Gasteiger partial charge in [0.2, 0.25) is 0 Å². The van der Waals surface area contributed by atoms with Gasteiger partial charge in [-0.3, -0.25) is 9.89 Å². The molecule has 1 fully saturated rings. The number of benzene rings is 1. The first-order valence-electron chi connectivity index (χ1n) is 9.77. The zero-order valence-electron chi connectivity index (χ0n) is 17.0. The van der Waals surface area contributed by atoms with Crippen LogP contribution in [0.1, 0.15) is 25.5 Å². The molecule has 1 aliphatic heterocycles. The fourth-order valence-corrected chi connectivity index (χ4v) is 3.18. The number of halogens is 1. The number of nitrogens with one attached hydrogen (secondary N) is 2. The zero-order chi connectivity index (χ0) is 19.6. The van der Waals surface area contributed by atoms with Crippen LogP contribution in [-0.4, -0.2) is 81.8 Å². The van der Waals surface area contributed by atoms with Crippen molar-refractivity contribution >= 4 is 5.96 Å². The molecular weight excluding hydrogens is 345 g/mol. The van der Waals surface area contributed by atoms with E-state index in [-0.39, 0.29) is 11.9 Å². The van der Waals surface area contributed by atoms with E-state index in [1.54, 1.807) is 0 Å². The van der Waals surface area contributed by atoms with Crippen molar-refractivity contribution in [1.29, 1.82) is 0 Å². The van der Waals surface area contributed by atoms with Gasteiger partial charge in [0.1, 0.15) is 5.82 Å². The van der Waals surface area contributed by atoms with Crippen molar-refractivity contribution in [3.8, 4) is 0 Å². The molecule has 0 aliphatic carbocycles. The topological polar surface area (TPSA) is 52.1 Å². The highest BCUT2D eigenvalue weighted by atomic mass is 19.1. The molecule has 0 saturated carbocycles. The first-order chi connectivity index (χ1) is 13.0. The first kappa shape index (κ1) is 21.6. The van der Waals surface area contributed by atoms with Crippen LogP contribution in [0, 0.1) is 5.82 Å². The summed E-state index contributed by atoms with van der Waals surface area (Å²) in [5, 5.41) is 6.75. The molecule has 152 valence electrons. The second-order valence-electron chi connectivity index (χ2n) is 7.13. The van der Waals surface area contributed by atoms with E-state index in [0.717, 1.165) is 50.9 Å². The number of nitrogens with zero attached hydrogens (tertiary/aromatic N) is 3. The van der Waals surface area contributed by atoms with E-state index in [9.17, 15) is 4.39 Å². The summed E-state index contributed by atoms with van der Waals surface area (Å²) >= 11 is 0. The first-order valence-corrected chi connectivity index (χ1v) is 9.77. The van der Waals surface area contributed by atoms with Gasteiger partial charge in [-0.25, -0.2) is 4.39 Å². The highest BCUT2D eigenvalue weighted by Gasteiger charge is 2.17. The molecule has 0 spiro atoms. The Bertz CT molecular complexity index is 572. The van der Waals surface area contributed by atoms with Crippen LogP contribution in [0.2, 0.25) is 0 Å². The number of aliphatic imine (C=N–C) groups is 1.